The minimum atomic E-state index is 0.570. The van der Waals surface area contributed by atoms with Crippen LogP contribution in [-0.2, 0) is 0 Å². The molecule has 0 spiro atoms. The molecule has 11 rings (SSSR count). The van der Waals surface area contributed by atoms with Gasteiger partial charge in [0.05, 0.1) is 51.6 Å². The summed E-state index contributed by atoms with van der Waals surface area (Å²) in [6.45, 7) is 23.5. The summed E-state index contributed by atoms with van der Waals surface area (Å²) in [5, 5.41) is 14.5. The van der Waals surface area contributed by atoms with E-state index in [2.05, 4.69) is 214 Å². The monoisotopic (exact) mass is 860 g/mol. The van der Waals surface area contributed by atoms with E-state index in [0.717, 1.165) is 61.3 Å². The third-order valence-corrected chi connectivity index (χ3v) is 13.8. The average molecular weight is 861 g/mol. The SMILES string of the molecule is [C-]#[N+]c1ccc(-n2c3ccccc3c3cc(-c4c(C)cc(C)cc4C)ccc32)c(-c2ccc(-c3ccc(C#N)cc3C)cc2-n2c3ccccc3c3cc(-c4c(C)cc(C)cc4C)ccc32)c1. The van der Waals surface area contributed by atoms with Crippen LogP contribution in [0.15, 0.2) is 164 Å². The summed E-state index contributed by atoms with van der Waals surface area (Å²) in [4.78, 5) is 4.02. The van der Waals surface area contributed by atoms with E-state index in [-0.39, 0.29) is 0 Å². The van der Waals surface area contributed by atoms with Crippen molar-refractivity contribution in [2.45, 2.75) is 48.5 Å². The molecule has 0 bridgehead atoms. The normalized spacial score (nSPS) is 11.5. The smallest absolute Gasteiger partial charge is 0.188 e. The fourth-order valence-electron chi connectivity index (χ4n) is 11.2. The van der Waals surface area contributed by atoms with E-state index in [0.29, 0.717) is 11.3 Å². The number of fused-ring (bicyclic) bond motifs is 6. The zero-order chi connectivity index (χ0) is 46.2. The highest BCUT2D eigenvalue weighted by Crippen LogP contribution is 2.45. The van der Waals surface area contributed by atoms with Crippen molar-refractivity contribution in [3.63, 3.8) is 0 Å². The first-order valence-corrected chi connectivity index (χ1v) is 22.9. The van der Waals surface area contributed by atoms with Crippen LogP contribution in [0.4, 0.5) is 5.69 Å². The van der Waals surface area contributed by atoms with Gasteiger partial charge in [0, 0.05) is 27.1 Å². The van der Waals surface area contributed by atoms with Crippen molar-refractivity contribution in [2.75, 3.05) is 0 Å². The van der Waals surface area contributed by atoms with Crippen molar-refractivity contribution < 1.29 is 0 Å². The van der Waals surface area contributed by atoms with Crippen molar-refractivity contribution in [3.05, 3.63) is 220 Å². The largest absolute Gasteiger partial charge is 0.309 e. The third-order valence-electron chi connectivity index (χ3n) is 13.8. The standard InChI is InChI=1S/C63H48N4/c1-37-27-40(4)62(41(5)28-37)46-19-24-58-53(32-46)50-13-9-11-15-56(50)66(58)60-26-21-48(65-8)35-55(60)52-23-18-45(49-22-17-44(36-64)31-39(49)3)34-61(52)67-57-16-12-10-14-51(57)54-33-47(20-25-59(54)67)63-42(6)29-38(2)30-43(63)7/h9-35H,1-7H3. The van der Waals surface area contributed by atoms with Crippen LogP contribution in [0.3, 0.4) is 0 Å². The fraction of sp³-hybridized carbons (Fsp3) is 0.111. The zero-order valence-corrected chi connectivity index (χ0v) is 38.9. The Labute approximate surface area is 392 Å². The molecule has 2 heterocycles. The Bertz CT molecular complexity index is 3920. The van der Waals surface area contributed by atoms with Gasteiger partial charge >= 0.3 is 0 Å². The van der Waals surface area contributed by atoms with E-state index in [1.807, 2.05) is 18.2 Å². The van der Waals surface area contributed by atoms with Crippen molar-refractivity contribution in [1.82, 2.24) is 9.13 Å². The maximum absolute atomic E-state index is 9.79. The maximum atomic E-state index is 9.79. The summed E-state index contributed by atoms with van der Waals surface area (Å²) >= 11 is 0. The van der Waals surface area contributed by atoms with Crippen LogP contribution in [0, 0.1) is 66.4 Å². The minimum absolute atomic E-state index is 0.570. The molecule has 9 aromatic carbocycles. The summed E-state index contributed by atoms with van der Waals surface area (Å²) in [5.74, 6) is 0. The lowest BCUT2D eigenvalue weighted by Crippen LogP contribution is -2.02. The van der Waals surface area contributed by atoms with E-state index in [9.17, 15) is 5.26 Å². The van der Waals surface area contributed by atoms with E-state index in [4.69, 9.17) is 6.57 Å². The molecule has 0 aliphatic heterocycles. The number of nitriles is 1. The van der Waals surface area contributed by atoms with Crippen molar-refractivity contribution in [2.24, 2.45) is 0 Å². The van der Waals surface area contributed by atoms with Crippen LogP contribution >= 0.6 is 0 Å². The first kappa shape index (κ1) is 41.3. The molecule has 67 heavy (non-hydrogen) atoms. The van der Waals surface area contributed by atoms with E-state index in [1.54, 1.807) is 0 Å². The number of benzene rings is 9. The molecule has 4 nitrogen and oxygen atoms in total. The average Bonchev–Trinajstić information content (AvgIpc) is 3.82. The molecule has 0 aliphatic rings. The number of nitrogens with zero attached hydrogens (tertiary/aromatic N) is 4. The highest BCUT2D eigenvalue weighted by Gasteiger charge is 2.23. The van der Waals surface area contributed by atoms with Gasteiger partial charge < -0.3 is 9.13 Å². The molecule has 0 fully saturated rings. The second-order valence-corrected chi connectivity index (χ2v) is 18.4. The van der Waals surface area contributed by atoms with Gasteiger partial charge in [-0.2, -0.15) is 5.26 Å². The van der Waals surface area contributed by atoms with Gasteiger partial charge in [-0.05, 0) is 182 Å². The maximum Gasteiger partial charge on any atom is 0.188 e. The lowest BCUT2D eigenvalue weighted by molar-refractivity contribution is 1.16. The number of rotatable bonds is 6. The predicted molar refractivity (Wildman–Crippen MR) is 281 cm³/mol. The lowest BCUT2D eigenvalue weighted by Gasteiger charge is -2.21. The van der Waals surface area contributed by atoms with Crippen LogP contribution in [0.5, 0.6) is 0 Å². The molecule has 0 saturated heterocycles. The van der Waals surface area contributed by atoms with Gasteiger partial charge in [-0.25, -0.2) is 4.85 Å². The van der Waals surface area contributed by atoms with Crippen molar-refractivity contribution >= 4 is 49.3 Å². The third kappa shape index (κ3) is 6.72. The summed E-state index contributed by atoms with van der Waals surface area (Å²) < 4.78 is 4.80. The highest BCUT2D eigenvalue weighted by molar-refractivity contribution is 6.13. The van der Waals surface area contributed by atoms with Crippen molar-refractivity contribution in [3.8, 4) is 62.0 Å². The Hall–Kier alpha value is -8.44. The van der Waals surface area contributed by atoms with Gasteiger partial charge in [0.1, 0.15) is 0 Å². The molecule has 320 valence electrons. The van der Waals surface area contributed by atoms with Gasteiger partial charge in [-0.1, -0.05) is 108 Å². The van der Waals surface area contributed by atoms with Gasteiger partial charge in [0.15, 0.2) is 5.69 Å². The minimum Gasteiger partial charge on any atom is -0.309 e. The molecule has 0 N–H and O–H groups in total. The molecule has 0 saturated carbocycles. The summed E-state index contributed by atoms with van der Waals surface area (Å²) in [6, 6.07) is 61.4. The Morgan fingerprint density at radius 2 is 0.896 bits per heavy atom. The van der Waals surface area contributed by atoms with E-state index >= 15 is 0 Å². The number of para-hydroxylation sites is 2. The number of aromatic nitrogens is 2. The van der Waals surface area contributed by atoms with Gasteiger partial charge in [0.25, 0.3) is 0 Å². The molecule has 0 unspecified atom stereocenters. The van der Waals surface area contributed by atoms with Crippen LogP contribution in [0.1, 0.15) is 44.5 Å². The topological polar surface area (TPSA) is 38.0 Å². The quantitative estimate of drug-likeness (QED) is 0.154. The molecule has 11 aromatic rings. The fourth-order valence-corrected chi connectivity index (χ4v) is 11.2. The molecular formula is C63H48N4. The second-order valence-electron chi connectivity index (χ2n) is 18.4. The Morgan fingerprint density at radius 1 is 0.403 bits per heavy atom. The number of aryl methyl sites for hydroxylation is 7. The first-order chi connectivity index (χ1) is 32.5. The molecule has 0 radical (unpaired) electrons. The Balaban J connectivity index is 1.21. The molecule has 2 aromatic heterocycles. The predicted octanol–water partition coefficient (Wildman–Crippen LogP) is 17.1. The summed E-state index contributed by atoms with van der Waals surface area (Å²) in [6.07, 6.45) is 0. The van der Waals surface area contributed by atoms with Gasteiger partial charge in [-0.15, -0.1) is 0 Å². The Kier molecular flexibility index (Phi) is 9.81. The molecular weight excluding hydrogens is 813 g/mol. The number of hydrogen-bond donors (Lipinski definition) is 0. The van der Waals surface area contributed by atoms with E-state index < -0.39 is 0 Å². The number of hydrogen-bond acceptors (Lipinski definition) is 1. The molecule has 0 aliphatic carbocycles. The molecule has 0 atom stereocenters. The second kappa shape index (κ2) is 15.9. The first-order valence-electron chi connectivity index (χ1n) is 22.9. The van der Waals surface area contributed by atoms with Gasteiger partial charge in [-0.3, -0.25) is 0 Å². The summed E-state index contributed by atoms with van der Waals surface area (Å²) in [5.41, 5.74) is 25.2. The van der Waals surface area contributed by atoms with Crippen LogP contribution in [0.25, 0.3) is 104 Å². The van der Waals surface area contributed by atoms with Crippen LogP contribution < -0.4 is 0 Å². The van der Waals surface area contributed by atoms with Crippen molar-refractivity contribution in [1.29, 1.82) is 5.26 Å². The lowest BCUT2D eigenvalue weighted by atomic mass is 9.93. The Morgan fingerprint density at radius 3 is 1.42 bits per heavy atom. The summed E-state index contributed by atoms with van der Waals surface area (Å²) in [7, 11) is 0. The van der Waals surface area contributed by atoms with E-state index in [1.165, 1.54) is 77.2 Å². The molecule has 0 amide bonds. The highest BCUT2D eigenvalue weighted by atomic mass is 15.0. The van der Waals surface area contributed by atoms with Gasteiger partial charge in [0.2, 0.25) is 0 Å². The zero-order valence-electron chi connectivity index (χ0n) is 38.9. The molecule has 4 heteroatoms. The van der Waals surface area contributed by atoms with Crippen LogP contribution in [0.2, 0.25) is 0 Å². The van der Waals surface area contributed by atoms with Crippen LogP contribution in [-0.4, -0.2) is 9.13 Å².